The lowest BCUT2D eigenvalue weighted by Crippen LogP contribution is -2.27. The highest BCUT2D eigenvalue weighted by Gasteiger charge is 2.33. The molecule has 2 aromatic carbocycles. The van der Waals surface area contributed by atoms with Crippen LogP contribution in [0.5, 0.6) is 0 Å². The summed E-state index contributed by atoms with van der Waals surface area (Å²) >= 11 is 18.7. The third kappa shape index (κ3) is 9.49. The highest BCUT2D eigenvalue weighted by molar-refractivity contribution is 6.71. The Kier molecular flexibility index (Phi) is 13.8. The van der Waals surface area contributed by atoms with Gasteiger partial charge in [0.15, 0.2) is 5.71 Å². The van der Waals surface area contributed by atoms with E-state index < -0.39 is 0 Å². The van der Waals surface area contributed by atoms with E-state index in [4.69, 9.17) is 34.8 Å². The number of carbonyl (C=O) groups excluding carboxylic acids is 1. The van der Waals surface area contributed by atoms with E-state index in [0.717, 1.165) is 13.1 Å². The fraction of sp³-hybridized carbons (Fsp3) is 0.531. The number of hydrogen-bond acceptors (Lipinski definition) is 4. The first-order valence-electron chi connectivity index (χ1n) is 14.8. The third-order valence-corrected chi connectivity index (χ3v) is 7.99. The summed E-state index contributed by atoms with van der Waals surface area (Å²) in [4.78, 5) is 20.4. The van der Waals surface area contributed by atoms with Crippen molar-refractivity contribution in [2.24, 2.45) is 10.1 Å². The molecule has 0 aromatic heterocycles. The summed E-state index contributed by atoms with van der Waals surface area (Å²) in [5, 5.41) is 6.48. The molecule has 2 aromatic rings. The molecule has 1 amide bonds. The van der Waals surface area contributed by atoms with Gasteiger partial charge in [-0.05, 0) is 56.2 Å². The molecule has 0 unspecified atom stereocenters. The molecule has 5 nitrogen and oxygen atoms in total. The van der Waals surface area contributed by atoms with Gasteiger partial charge in [0.05, 0.1) is 21.4 Å². The van der Waals surface area contributed by atoms with Crippen molar-refractivity contribution >= 4 is 69.2 Å². The number of hydrogen-bond donors (Lipinski definition) is 0. The first-order valence-corrected chi connectivity index (χ1v) is 16.0. The predicted molar refractivity (Wildman–Crippen MR) is 175 cm³/mol. The maximum absolute atomic E-state index is 13.2. The maximum Gasteiger partial charge on any atom is 0.299 e. The Labute approximate surface area is 255 Å². The Bertz CT molecular complexity index is 1120. The van der Waals surface area contributed by atoms with Crippen molar-refractivity contribution in [2.45, 2.75) is 97.8 Å². The normalized spacial score (nSPS) is 14.3. The van der Waals surface area contributed by atoms with Crippen LogP contribution in [0.4, 0.5) is 17.1 Å². The second-order valence-electron chi connectivity index (χ2n) is 10.5. The van der Waals surface area contributed by atoms with Gasteiger partial charge in [-0.1, -0.05) is 113 Å². The Morgan fingerprint density at radius 1 is 0.775 bits per heavy atom. The third-order valence-electron chi connectivity index (χ3n) is 7.20. The molecule has 8 heteroatoms. The van der Waals surface area contributed by atoms with Crippen molar-refractivity contribution in [3.05, 3.63) is 51.5 Å². The van der Waals surface area contributed by atoms with Crippen LogP contribution in [0.25, 0.3) is 0 Å². The van der Waals surface area contributed by atoms with Crippen LogP contribution in [0.1, 0.15) is 97.8 Å². The van der Waals surface area contributed by atoms with Crippen molar-refractivity contribution in [1.82, 2.24) is 0 Å². The number of aliphatic imine (C=N–C) groups is 1. The maximum atomic E-state index is 13.2. The zero-order valence-corrected chi connectivity index (χ0v) is 26.5. The van der Waals surface area contributed by atoms with Crippen LogP contribution >= 0.6 is 34.8 Å². The Morgan fingerprint density at radius 3 is 1.80 bits per heavy atom. The number of halogens is 3. The summed E-state index contributed by atoms with van der Waals surface area (Å²) in [6.45, 7) is 8.40. The van der Waals surface area contributed by atoms with Crippen LogP contribution in [-0.4, -0.2) is 30.4 Å². The number of hydrazone groups is 1. The monoisotopic (exact) mass is 604 g/mol. The van der Waals surface area contributed by atoms with Gasteiger partial charge in [0.25, 0.3) is 5.91 Å². The van der Waals surface area contributed by atoms with E-state index in [1.807, 2.05) is 12.1 Å². The fourth-order valence-electron chi connectivity index (χ4n) is 4.92. The van der Waals surface area contributed by atoms with Gasteiger partial charge in [-0.25, -0.2) is 4.99 Å². The molecule has 0 saturated heterocycles. The number of unbranched alkanes of at least 4 members (excludes halogenated alkanes) is 10. The molecule has 3 rings (SSSR count). The molecule has 0 aliphatic carbocycles. The second-order valence-corrected chi connectivity index (χ2v) is 11.8. The van der Waals surface area contributed by atoms with E-state index >= 15 is 0 Å². The summed E-state index contributed by atoms with van der Waals surface area (Å²) in [6, 6.07) is 11.3. The summed E-state index contributed by atoms with van der Waals surface area (Å²) in [5.74, 6) is -0.375. The molecule has 0 atom stereocenters. The average Bonchev–Trinajstić information content (AvgIpc) is 3.19. The minimum absolute atomic E-state index is 0.254. The lowest BCUT2D eigenvalue weighted by Gasteiger charge is -2.25. The van der Waals surface area contributed by atoms with Crippen molar-refractivity contribution < 1.29 is 4.79 Å². The molecule has 0 spiro atoms. The zero-order chi connectivity index (χ0) is 28.9. The topological polar surface area (TPSA) is 48.3 Å². The molecular weight excluding hydrogens is 563 g/mol. The van der Waals surface area contributed by atoms with Gasteiger partial charge >= 0.3 is 0 Å². The SMILES string of the molecule is CCCCCCCCN(CCCCCCCC)c1ccc(N=C2C(=O)N(c3c(Cl)cc(Cl)cc3Cl)N=C2C)cc1. The Morgan fingerprint density at radius 2 is 1.27 bits per heavy atom. The largest absolute Gasteiger partial charge is 0.372 e. The molecule has 1 aliphatic heterocycles. The number of rotatable bonds is 17. The summed E-state index contributed by atoms with van der Waals surface area (Å²) < 4.78 is 0. The van der Waals surface area contributed by atoms with E-state index in [2.05, 4.69) is 41.0 Å². The Hall–Kier alpha value is -2.08. The summed E-state index contributed by atoms with van der Waals surface area (Å²) in [6.07, 6.45) is 15.5. The van der Waals surface area contributed by atoms with Gasteiger partial charge in [-0.3, -0.25) is 4.79 Å². The number of amides is 1. The van der Waals surface area contributed by atoms with Gasteiger partial charge in [-0.15, -0.1) is 0 Å². The highest BCUT2D eigenvalue weighted by atomic mass is 35.5. The van der Waals surface area contributed by atoms with E-state index in [0.29, 0.717) is 22.1 Å². The fourth-order valence-corrected chi connectivity index (χ4v) is 5.90. The van der Waals surface area contributed by atoms with Gasteiger partial charge < -0.3 is 4.90 Å². The predicted octanol–water partition coefficient (Wildman–Crippen LogP) is 10.7. The number of nitrogens with zero attached hydrogens (tertiary/aromatic N) is 4. The van der Waals surface area contributed by atoms with E-state index in [9.17, 15) is 4.79 Å². The van der Waals surface area contributed by atoms with Gasteiger partial charge in [-0.2, -0.15) is 10.1 Å². The minimum Gasteiger partial charge on any atom is -0.372 e. The van der Waals surface area contributed by atoms with Crippen LogP contribution in [0.15, 0.2) is 46.5 Å². The van der Waals surface area contributed by atoms with Crippen molar-refractivity contribution in [3.8, 4) is 0 Å². The lowest BCUT2D eigenvalue weighted by molar-refractivity contribution is -0.112. The first-order chi connectivity index (χ1) is 19.3. The number of anilines is 2. The molecule has 0 radical (unpaired) electrons. The van der Waals surface area contributed by atoms with Crippen LogP contribution in [0, 0.1) is 0 Å². The second kappa shape index (κ2) is 17.0. The van der Waals surface area contributed by atoms with E-state index in [-0.39, 0.29) is 21.7 Å². The number of carbonyl (C=O) groups is 1. The zero-order valence-electron chi connectivity index (χ0n) is 24.2. The Balaban J connectivity index is 1.68. The minimum atomic E-state index is -0.375. The molecule has 218 valence electrons. The smallest absolute Gasteiger partial charge is 0.299 e. The summed E-state index contributed by atoms with van der Waals surface area (Å²) in [5.41, 5.74) is 2.99. The lowest BCUT2D eigenvalue weighted by atomic mass is 10.1. The van der Waals surface area contributed by atoms with E-state index in [1.54, 1.807) is 19.1 Å². The molecule has 1 aliphatic rings. The molecule has 0 bridgehead atoms. The molecule has 0 saturated carbocycles. The van der Waals surface area contributed by atoms with Crippen LogP contribution in [0.3, 0.4) is 0 Å². The van der Waals surface area contributed by atoms with Crippen molar-refractivity contribution in [3.63, 3.8) is 0 Å². The van der Waals surface area contributed by atoms with E-state index in [1.165, 1.54) is 87.7 Å². The molecule has 0 N–H and O–H groups in total. The molecule has 40 heavy (non-hydrogen) atoms. The first kappa shape index (κ1) is 32.4. The molecular formula is C32H43Cl3N4O. The van der Waals surface area contributed by atoms with Gasteiger partial charge in [0.1, 0.15) is 5.69 Å². The van der Waals surface area contributed by atoms with Crippen LogP contribution in [-0.2, 0) is 4.79 Å². The average molecular weight is 606 g/mol. The van der Waals surface area contributed by atoms with Gasteiger partial charge in [0.2, 0.25) is 0 Å². The van der Waals surface area contributed by atoms with Crippen LogP contribution < -0.4 is 9.91 Å². The van der Waals surface area contributed by atoms with Gasteiger partial charge in [0, 0.05) is 23.8 Å². The highest BCUT2D eigenvalue weighted by Crippen LogP contribution is 2.38. The standard InChI is InChI=1S/C32H43Cl3N4O/c1-4-6-8-10-12-14-20-38(21-15-13-11-9-7-5-2)27-18-16-26(17-19-27)36-30-24(3)37-39(32(30)40)31-28(34)22-25(33)23-29(31)35/h16-19,22-23H,4-15,20-21H2,1-3H3. The quantitative estimate of drug-likeness (QED) is 0.168. The summed E-state index contributed by atoms with van der Waals surface area (Å²) in [7, 11) is 0. The molecule has 1 heterocycles. The van der Waals surface area contributed by atoms with Crippen molar-refractivity contribution in [1.29, 1.82) is 0 Å². The van der Waals surface area contributed by atoms with Crippen molar-refractivity contribution in [2.75, 3.05) is 23.0 Å². The molecule has 0 fully saturated rings. The number of benzene rings is 2. The van der Waals surface area contributed by atoms with Crippen LogP contribution in [0.2, 0.25) is 15.1 Å².